The van der Waals surface area contributed by atoms with Crippen molar-refractivity contribution in [1.82, 2.24) is 0 Å². The molecule has 3 heteroatoms. The molecule has 0 N–H and O–H groups in total. The molecule has 1 atom stereocenters. The molecule has 0 amide bonds. The molecule has 0 saturated carbocycles. The van der Waals surface area contributed by atoms with Gasteiger partial charge in [-0.3, -0.25) is 0 Å². The smallest absolute Gasteiger partial charge is 0.0340 e. The van der Waals surface area contributed by atoms with E-state index in [2.05, 4.69) is 24.4 Å². The second-order valence-corrected chi connectivity index (χ2v) is 5.12. The fourth-order valence-corrected chi connectivity index (χ4v) is 2.53. The third-order valence-corrected chi connectivity index (χ3v) is 4.23. The summed E-state index contributed by atoms with van der Waals surface area (Å²) in [6.07, 6.45) is 0. The number of hydrogen-bond acceptors (Lipinski definition) is 2. The highest BCUT2D eigenvalue weighted by atomic mass is 35.5. The van der Waals surface area contributed by atoms with Gasteiger partial charge in [0, 0.05) is 21.8 Å². The molecule has 0 aliphatic rings. The van der Waals surface area contributed by atoms with Crippen molar-refractivity contribution in [3.8, 4) is 0 Å². The fourth-order valence-electron chi connectivity index (χ4n) is 0.664. The number of thiophene rings is 1. The zero-order chi connectivity index (χ0) is 8.10. The van der Waals surface area contributed by atoms with Gasteiger partial charge in [-0.05, 0) is 11.4 Å². The summed E-state index contributed by atoms with van der Waals surface area (Å²) in [5.74, 6) is 1.85. The van der Waals surface area contributed by atoms with Gasteiger partial charge in [0.15, 0.2) is 0 Å². The van der Waals surface area contributed by atoms with E-state index in [0.29, 0.717) is 5.25 Å². The van der Waals surface area contributed by atoms with E-state index in [1.807, 2.05) is 23.1 Å². The second kappa shape index (κ2) is 5.07. The zero-order valence-corrected chi connectivity index (χ0v) is 8.81. The molecule has 0 aromatic carbocycles. The van der Waals surface area contributed by atoms with E-state index in [-0.39, 0.29) is 0 Å². The van der Waals surface area contributed by atoms with Crippen molar-refractivity contribution in [1.29, 1.82) is 0 Å². The molecule has 11 heavy (non-hydrogen) atoms. The first-order valence-corrected chi connectivity index (χ1v) is 5.99. The van der Waals surface area contributed by atoms with Crippen molar-refractivity contribution in [2.45, 2.75) is 17.9 Å². The summed E-state index contributed by atoms with van der Waals surface area (Å²) in [7, 11) is 0. The minimum atomic E-state index is 0.568. The van der Waals surface area contributed by atoms with Crippen molar-refractivity contribution < 1.29 is 0 Å². The average Bonchev–Trinajstić information content (AvgIpc) is 2.52. The van der Waals surface area contributed by atoms with Crippen LogP contribution in [0.2, 0.25) is 0 Å². The van der Waals surface area contributed by atoms with Crippen LogP contribution in [-0.4, -0.2) is 11.1 Å². The van der Waals surface area contributed by atoms with Gasteiger partial charge in [0.05, 0.1) is 0 Å². The first-order valence-electron chi connectivity index (χ1n) is 3.53. The maximum absolute atomic E-state index is 5.67. The molecule has 0 nitrogen and oxygen atoms in total. The summed E-state index contributed by atoms with van der Waals surface area (Å²) in [5.41, 5.74) is 0. The Bertz CT molecular complexity index is 184. The lowest BCUT2D eigenvalue weighted by atomic mass is 10.5. The molecule has 0 spiro atoms. The van der Waals surface area contributed by atoms with Crippen molar-refractivity contribution in [2.24, 2.45) is 0 Å². The van der Waals surface area contributed by atoms with Gasteiger partial charge in [-0.15, -0.1) is 22.9 Å². The number of thioether (sulfide) groups is 1. The van der Waals surface area contributed by atoms with Gasteiger partial charge in [0.2, 0.25) is 0 Å². The summed E-state index contributed by atoms with van der Waals surface area (Å²) in [4.78, 5) is 1.44. The number of halogens is 1. The van der Waals surface area contributed by atoms with Crippen LogP contribution in [0.15, 0.2) is 17.5 Å². The molecule has 0 radical (unpaired) electrons. The molecule has 1 unspecified atom stereocenters. The van der Waals surface area contributed by atoms with Gasteiger partial charge < -0.3 is 0 Å². The summed E-state index contributed by atoms with van der Waals surface area (Å²) in [6, 6.07) is 4.25. The maximum atomic E-state index is 5.67. The molecule has 0 bridgehead atoms. The minimum absolute atomic E-state index is 0.568. The largest absolute Gasteiger partial charge is 0.152 e. The number of hydrogen-bond donors (Lipinski definition) is 0. The Morgan fingerprint density at radius 1 is 1.73 bits per heavy atom. The van der Waals surface area contributed by atoms with Crippen LogP contribution in [-0.2, 0) is 5.75 Å². The Balaban J connectivity index is 2.23. The summed E-state index contributed by atoms with van der Waals surface area (Å²) in [5, 5.41) is 2.68. The van der Waals surface area contributed by atoms with Gasteiger partial charge in [-0.1, -0.05) is 13.0 Å². The van der Waals surface area contributed by atoms with E-state index in [1.54, 1.807) is 0 Å². The molecule has 1 aromatic rings. The highest BCUT2D eigenvalue weighted by Crippen LogP contribution is 2.21. The average molecular weight is 207 g/mol. The lowest BCUT2D eigenvalue weighted by Crippen LogP contribution is -1.96. The lowest BCUT2D eigenvalue weighted by molar-refractivity contribution is 1.12. The zero-order valence-electron chi connectivity index (χ0n) is 6.42. The Hall–Kier alpha value is 0.340. The van der Waals surface area contributed by atoms with E-state index >= 15 is 0 Å². The standard InChI is InChI=1S/C8H11ClS2/c1-7(5-9)11-6-8-3-2-4-10-8/h2-4,7H,5-6H2,1H3. The first kappa shape index (κ1) is 9.43. The van der Waals surface area contributed by atoms with Gasteiger partial charge >= 0.3 is 0 Å². The van der Waals surface area contributed by atoms with Gasteiger partial charge in [-0.2, -0.15) is 11.8 Å². The molecule has 1 heterocycles. The number of alkyl halides is 1. The highest BCUT2D eigenvalue weighted by molar-refractivity contribution is 7.99. The molecule has 0 fully saturated rings. The summed E-state index contributed by atoms with van der Waals surface area (Å²) < 4.78 is 0. The summed E-state index contributed by atoms with van der Waals surface area (Å²) in [6.45, 7) is 2.16. The Labute approximate surface area is 81.0 Å². The topological polar surface area (TPSA) is 0 Å². The Morgan fingerprint density at radius 2 is 2.55 bits per heavy atom. The van der Waals surface area contributed by atoms with E-state index < -0.39 is 0 Å². The monoisotopic (exact) mass is 206 g/mol. The normalized spacial score (nSPS) is 13.3. The third-order valence-electron chi connectivity index (χ3n) is 1.31. The van der Waals surface area contributed by atoms with Crippen LogP contribution in [0.4, 0.5) is 0 Å². The molecule has 1 aromatic heterocycles. The van der Waals surface area contributed by atoms with Crippen LogP contribution in [0.5, 0.6) is 0 Å². The first-order chi connectivity index (χ1) is 5.33. The van der Waals surface area contributed by atoms with Gasteiger partial charge in [-0.25, -0.2) is 0 Å². The molecule has 0 aliphatic carbocycles. The Morgan fingerprint density at radius 3 is 3.09 bits per heavy atom. The summed E-state index contributed by atoms with van der Waals surface area (Å²) >= 11 is 9.40. The SMILES string of the molecule is CC(CCl)SCc1cccs1. The molecular weight excluding hydrogens is 196 g/mol. The van der Waals surface area contributed by atoms with Crippen molar-refractivity contribution in [2.75, 3.05) is 5.88 Å². The van der Waals surface area contributed by atoms with Gasteiger partial charge in [0.25, 0.3) is 0 Å². The predicted octanol–water partition coefficient (Wildman–Crippen LogP) is 3.61. The lowest BCUT2D eigenvalue weighted by Gasteiger charge is -2.04. The van der Waals surface area contributed by atoms with Crippen LogP contribution in [0.25, 0.3) is 0 Å². The van der Waals surface area contributed by atoms with Gasteiger partial charge in [0.1, 0.15) is 0 Å². The van der Waals surface area contributed by atoms with E-state index in [4.69, 9.17) is 11.6 Å². The molecule has 0 saturated heterocycles. The van der Waals surface area contributed by atoms with Crippen LogP contribution < -0.4 is 0 Å². The quantitative estimate of drug-likeness (QED) is 0.679. The highest BCUT2D eigenvalue weighted by Gasteiger charge is 2.00. The Kier molecular flexibility index (Phi) is 4.34. The van der Waals surface area contributed by atoms with Crippen molar-refractivity contribution in [3.63, 3.8) is 0 Å². The third kappa shape index (κ3) is 3.50. The second-order valence-electron chi connectivity index (χ2n) is 2.36. The van der Waals surface area contributed by atoms with Crippen LogP contribution in [0, 0.1) is 0 Å². The van der Waals surface area contributed by atoms with Crippen molar-refractivity contribution >= 4 is 34.7 Å². The van der Waals surface area contributed by atoms with Crippen molar-refractivity contribution in [3.05, 3.63) is 22.4 Å². The van der Waals surface area contributed by atoms with E-state index in [1.165, 1.54) is 4.88 Å². The van der Waals surface area contributed by atoms with Crippen LogP contribution in [0.3, 0.4) is 0 Å². The molecular formula is C8H11ClS2. The fraction of sp³-hybridized carbons (Fsp3) is 0.500. The number of rotatable bonds is 4. The van der Waals surface area contributed by atoms with Crippen LogP contribution >= 0.6 is 34.7 Å². The van der Waals surface area contributed by atoms with E-state index in [0.717, 1.165) is 11.6 Å². The molecule has 0 aliphatic heterocycles. The minimum Gasteiger partial charge on any atom is -0.152 e. The molecule has 62 valence electrons. The maximum Gasteiger partial charge on any atom is 0.0340 e. The predicted molar refractivity (Wildman–Crippen MR) is 55.8 cm³/mol. The van der Waals surface area contributed by atoms with Crippen LogP contribution in [0.1, 0.15) is 11.8 Å². The van der Waals surface area contributed by atoms with E-state index in [9.17, 15) is 0 Å². The molecule has 1 rings (SSSR count).